The van der Waals surface area contributed by atoms with E-state index in [0.717, 1.165) is 22.0 Å². The van der Waals surface area contributed by atoms with Gasteiger partial charge in [-0.25, -0.2) is 0 Å². The molecule has 0 saturated carbocycles. The van der Waals surface area contributed by atoms with E-state index in [1.165, 1.54) is 4.90 Å². The van der Waals surface area contributed by atoms with Crippen LogP contribution in [-0.4, -0.2) is 38.3 Å². The van der Waals surface area contributed by atoms with Crippen molar-refractivity contribution in [2.75, 3.05) is 6.61 Å². The van der Waals surface area contributed by atoms with Crippen LogP contribution in [0.2, 0.25) is 0 Å². The summed E-state index contributed by atoms with van der Waals surface area (Å²) in [6.45, 7) is 2.54. The summed E-state index contributed by atoms with van der Waals surface area (Å²) in [4.78, 5) is 35.3. The van der Waals surface area contributed by atoms with Crippen LogP contribution in [0, 0.1) is 0 Å². The highest BCUT2D eigenvalue weighted by atomic mass is 16.5. The van der Waals surface area contributed by atoms with Gasteiger partial charge < -0.3 is 19.7 Å². The SMILES string of the molecule is CCOc1cccc(/C(O)=C2\C(=O)C(=O)N(Cc3ccncc3)C2c2c[nH]c3ccccc23)c1. The summed E-state index contributed by atoms with van der Waals surface area (Å²) < 4.78 is 5.56. The van der Waals surface area contributed by atoms with E-state index in [0.29, 0.717) is 17.9 Å². The molecule has 5 rings (SSSR count). The Balaban J connectivity index is 1.69. The largest absolute Gasteiger partial charge is 0.507 e. The van der Waals surface area contributed by atoms with E-state index < -0.39 is 17.7 Å². The molecule has 0 bridgehead atoms. The number of nitrogens with zero attached hydrogens (tertiary/aromatic N) is 2. The molecule has 1 saturated heterocycles. The third kappa shape index (κ3) is 3.71. The number of carbonyl (C=O) groups excluding carboxylic acids is 2. The summed E-state index contributed by atoms with van der Waals surface area (Å²) >= 11 is 0. The standard InChI is InChI=1S/C27H23N3O4/c1-2-34-19-7-5-6-18(14-19)25(31)23-24(21-15-29-22-9-4-3-8-20(21)22)30(27(33)26(23)32)16-17-10-12-28-13-11-17/h3-15,24,29,31H,2,16H2,1H3/b25-23+. The molecule has 1 atom stereocenters. The topological polar surface area (TPSA) is 95.5 Å². The van der Waals surface area contributed by atoms with Gasteiger partial charge in [0.2, 0.25) is 0 Å². The minimum atomic E-state index is -0.764. The van der Waals surface area contributed by atoms with Gasteiger partial charge in [0, 0.05) is 47.2 Å². The van der Waals surface area contributed by atoms with Crippen molar-refractivity contribution in [3.63, 3.8) is 0 Å². The summed E-state index contributed by atoms with van der Waals surface area (Å²) in [7, 11) is 0. The number of fused-ring (bicyclic) bond motifs is 1. The number of nitrogens with one attached hydrogen (secondary N) is 1. The zero-order chi connectivity index (χ0) is 23.7. The van der Waals surface area contributed by atoms with Crippen molar-refractivity contribution in [1.29, 1.82) is 0 Å². The van der Waals surface area contributed by atoms with Crippen LogP contribution in [0.5, 0.6) is 5.75 Å². The highest BCUT2D eigenvalue weighted by Gasteiger charge is 2.46. The number of aliphatic hydroxyl groups excluding tert-OH is 1. The molecule has 2 aromatic carbocycles. The number of pyridine rings is 1. The number of rotatable bonds is 6. The normalized spacial score (nSPS) is 17.4. The molecule has 0 spiro atoms. The lowest BCUT2D eigenvalue weighted by Crippen LogP contribution is -2.29. The first-order valence-corrected chi connectivity index (χ1v) is 11.0. The summed E-state index contributed by atoms with van der Waals surface area (Å²) in [6, 6.07) is 17.4. The molecule has 0 aliphatic carbocycles. The minimum Gasteiger partial charge on any atom is -0.507 e. The van der Waals surface area contributed by atoms with Crippen molar-refractivity contribution in [3.8, 4) is 5.75 Å². The first-order valence-electron chi connectivity index (χ1n) is 11.0. The average molecular weight is 453 g/mol. The molecule has 2 aromatic heterocycles. The molecule has 34 heavy (non-hydrogen) atoms. The summed E-state index contributed by atoms with van der Waals surface area (Å²) in [5.74, 6) is -1.04. The van der Waals surface area contributed by atoms with Crippen LogP contribution in [-0.2, 0) is 16.1 Å². The predicted molar refractivity (Wildman–Crippen MR) is 128 cm³/mol. The molecular formula is C27H23N3O4. The van der Waals surface area contributed by atoms with Gasteiger partial charge in [-0.2, -0.15) is 0 Å². The lowest BCUT2D eigenvalue weighted by Gasteiger charge is -2.25. The summed E-state index contributed by atoms with van der Waals surface area (Å²) in [5, 5.41) is 12.2. The number of H-pyrrole nitrogens is 1. The number of Topliss-reactive ketones (excluding diaryl/α,β-unsaturated/α-hetero) is 1. The quantitative estimate of drug-likeness (QED) is 0.253. The van der Waals surface area contributed by atoms with Gasteiger partial charge in [0.1, 0.15) is 11.5 Å². The van der Waals surface area contributed by atoms with Crippen LogP contribution in [0.15, 0.2) is 84.8 Å². The highest BCUT2D eigenvalue weighted by molar-refractivity contribution is 6.46. The number of likely N-dealkylation sites (tertiary alicyclic amines) is 1. The molecule has 1 amide bonds. The molecule has 0 radical (unpaired) electrons. The number of para-hydroxylation sites is 1. The van der Waals surface area contributed by atoms with E-state index in [4.69, 9.17) is 4.74 Å². The maximum atomic E-state index is 13.3. The molecule has 170 valence electrons. The van der Waals surface area contributed by atoms with Crippen LogP contribution < -0.4 is 4.74 Å². The number of ether oxygens (including phenoxy) is 1. The molecule has 7 nitrogen and oxygen atoms in total. The molecule has 1 aliphatic rings. The number of aromatic nitrogens is 2. The fraction of sp³-hybridized carbons (Fsp3) is 0.148. The van der Waals surface area contributed by atoms with E-state index in [1.54, 1.807) is 55.0 Å². The second-order valence-electron chi connectivity index (χ2n) is 8.03. The second kappa shape index (κ2) is 8.86. The lowest BCUT2D eigenvalue weighted by atomic mass is 9.94. The van der Waals surface area contributed by atoms with Gasteiger partial charge in [-0.05, 0) is 42.8 Å². The third-order valence-electron chi connectivity index (χ3n) is 5.98. The fourth-order valence-electron chi connectivity index (χ4n) is 4.43. The van der Waals surface area contributed by atoms with E-state index in [1.807, 2.05) is 31.2 Å². The van der Waals surface area contributed by atoms with Gasteiger partial charge in [0.05, 0.1) is 18.2 Å². The summed E-state index contributed by atoms with van der Waals surface area (Å²) in [5.41, 5.74) is 2.92. The van der Waals surface area contributed by atoms with Gasteiger partial charge >= 0.3 is 0 Å². The molecule has 3 heterocycles. The zero-order valence-corrected chi connectivity index (χ0v) is 18.6. The van der Waals surface area contributed by atoms with Gasteiger partial charge in [0.15, 0.2) is 0 Å². The van der Waals surface area contributed by atoms with Crippen LogP contribution >= 0.6 is 0 Å². The maximum absolute atomic E-state index is 13.3. The fourth-order valence-corrected chi connectivity index (χ4v) is 4.43. The predicted octanol–water partition coefficient (Wildman–Crippen LogP) is 4.58. The highest BCUT2D eigenvalue weighted by Crippen LogP contribution is 2.42. The Labute approximate surface area is 196 Å². The molecule has 7 heteroatoms. The third-order valence-corrected chi connectivity index (χ3v) is 5.98. The van der Waals surface area contributed by atoms with Crippen molar-refractivity contribution >= 4 is 28.4 Å². The zero-order valence-electron chi connectivity index (χ0n) is 18.6. The number of hydrogen-bond acceptors (Lipinski definition) is 5. The van der Waals surface area contributed by atoms with E-state index in [2.05, 4.69) is 9.97 Å². The van der Waals surface area contributed by atoms with Gasteiger partial charge in [-0.1, -0.05) is 30.3 Å². The summed E-state index contributed by atoms with van der Waals surface area (Å²) in [6.07, 6.45) is 5.09. The Bertz CT molecular complexity index is 1410. The van der Waals surface area contributed by atoms with Crippen molar-refractivity contribution in [2.24, 2.45) is 0 Å². The van der Waals surface area contributed by atoms with Crippen LogP contribution in [0.1, 0.15) is 29.7 Å². The molecule has 2 N–H and O–H groups in total. The van der Waals surface area contributed by atoms with E-state index in [-0.39, 0.29) is 17.9 Å². The number of benzene rings is 2. The van der Waals surface area contributed by atoms with Crippen molar-refractivity contribution in [1.82, 2.24) is 14.9 Å². The smallest absolute Gasteiger partial charge is 0.295 e. The van der Waals surface area contributed by atoms with Crippen LogP contribution in [0.3, 0.4) is 0 Å². The number of ketones is 1. The van der Waals surface area contributed by atoms with E-state index in [9.17, 15) is 14.7 Å². The molecule has 4 aromatic rings. The Kier molecular flexibility index (Phi) is 5.59. The second-order valence-corrected chi connectivity index (χ2v) is 8.03. The number of hydrogen-bond donors (Lipinski definition) is 2. The van der Waals surface area contributed by atoms with Crippen LogP contribution in [0.4, 0.5) is 0 Å². The Morgan fingerprint density at radius 2 is 1.88 bits per heavy atom. The first-order chi connectivity index (χ1) is 16.6. The number of carbonyl (C=O) groups is 2. The number of aliphatic hydroxyl groups is 1. The Hall–Kier alpha value is -4.39. The van der Waals surface area contributed by atoms with Crippen LogP contribution in [0.25, 0.3) is 16.7 Å². The van der Waals surface area contributed by atoms with E-state index >= 15 is 0 Å². The molecule has 1 fully saturated rings. The van der Waals surface area contributed by atoms with Gasteiger partial charge in [0.25, 0.3) is 11.7 Å². The lowest BCUT2D eigenvalue weighted by molar-refractivity contribution is -0.140. The van der Waals surface area contributed by atoms with Gasteiger partial charge in [-0.3, -0.25) is 14.6 Å². The van der Waals surface area contributed by atoms with Crippen molar-refractivity contribution < 1.29 is 19.4 Å². The average Bonchev–Trinajstić information content (AvgIpc) is 3.39. The van der Waals surface area contributed by atoms with Gasteiger partial charge in [-0.15, -0.1) is 0 Å². The molecule has 1 unspecified atom stereocenters. The maximum Gasteiger partial charge on any atom is 0.295 e. The minimum absolute atomic E-state index is 0.0532. The first kappa shape index (κ1) is 21.5. The number of amides is 1. The molecule has 1 aliphatic heterocycles. The van der Waals surface area contributed by atoms with Crippen molar-refractivity contribution in [2.45, 2.75) is 19.5 Å². The monoisotopic (exact) mass is 453 g/mol. The van der Waals surface area contributed by atoms with Crippen molar-refractivity contribution in [3.05, 3.63) is 102 Å². The number of aromatic amines is 1. The Morgan fingerprint density at radius 3 is 2.68 bits per heavy atom. The Morgan fingerprint density at radius 1 is 1.09 bits per heavy atom. The molecular weight excluding hydrogens is 430 g/mol.